The lowest BCUT2D eigenvalue weighted by Gasteiger charge is -2.20. The molecule has 1 unspecified atom stereocenters. The molecule has 1 aliphatic heterocycles. The Morgan fingerprint density at radius 1 is 0.456 bits per heavy atom. The maximum Gasteiger partial charge on any atom is 0.213 e. The number of pyridine rings is 1. The number of benzene rings is 8. The number of hydrogen-bond acceptors (Lipinski definition) is 5. The first-order valence-electron chi connectivity index (χ1n) is 19.2. The van der Waals surface area contributed by atoms with Gasteiger partial charge in [-0.25, -0.2) is 9.97 Å². The van der Waals surface area contributed by atoms with Gasteiger partial charge in [-0.1, -0.05) is 164 Å². The molecule has 0 amide bonds. The van der Waals surface area contributed by atoms with Crippen LogP contribution in [0.2, 0.25) is 0 Å². The van der Waals surface area contributed by atoms with Crippen molar-refractivity contribution in [3.8, 4) is 61.8 Å². The Morgan fingerprint density at radius 3 is 1.91 bits per heavy atom. The van der Waals surface area contributed by atoms with Gasteiger partial charge in [-0.2, -0.15) is 0 Å². The van der Waals surface area contributed by atoms with Crippen molar-refractivity contribution in [2.75, 3.05) is 5.32 Å². The van der Waals surface area contributed by atoms with Crippen LogP contribution in [0.3, 0.4) is 0 Å². The molecule has 8 aromatic carbocycles. The number of fused-ring (bicyclic) bond motifs is 5. The summed E-state index contributed by atoms with van der Waals surface area (Å²) >= 11 is 0. The average Bonchev–Trinajstić information content (AvgIpc) is 3.73. The van der Waals surface area contributed by atoms with Crippen molar-refractivity contribution in [3.05, 3.63) is 200 Å². The van der Waals surface area contributed by atoms with Crippen LogP contribution in [-0.2, 0) is 0 Å². The second-order valence-electron chi connectivity index (χ2n) is 14.3. The van der Waals surface area contributed by atoms with E-state index in [0.29, 0.717) is 5.82 Å². The SMILES string of the molecule is c1ccc(-c2nc(-c3ccccc3-c3c(-c4ccccc4-c4cc5c(c6ccccc46)NC(c4ccccn4)O5)ccc4ccccc34)nc3ccccc23)cc1. The largest absolute Gasteiger partial charge is 0.463 e. The Hall–Kier alpha value is -7.63. The number of hydrogen-bond donors (Lipinski definition) is 1. The van der Waals surface area contributed by atoms with Crippen LogP contribution < -0.4 is 10.1 Å². The van der Waals surface area contributed by atoms with Crippen molar-refractivity contribution in [1.82, 2.24) is 15.0 Å². The molecule has 0 spiro atoms. The van der Waals surface area contributed by atoms with E-state index in [0.717, 1.165) is 99.8 Å². The fourth-order valence-electron chi connectivity index (χ4n) is 8.42. The van der Waals surface area contributed by atoms with Gasteiger partial charge in [0.05, 0.1) is 16.9 Å². The van der Waals surface area contributed by atoms with Crippen LogP contribution in [0.25, 0.3) is 88.5 Å². The minimum absolute atomic E-state index is 0.376. The van der Waals surface area contributed by atoms with Crippen LogP contribution in [0, 0.1) is 0 Å². The van der Waals surface area contributed by atoms with Gasteiger partial charge in [0.25, 0.3) is 0 Å². The first kappa shape index (κ1) is 32.8. The van der Waals surface area contributed by atoms with Crippen molar-refractivity contribution in [2.45, 2.75) is 6.23 Å². The van der Waals surface area contributed by atoms with Crippen LogP contribution >= 0.6 is 0 Å². The van der Waals surface area contributed by atoms with E-state index in [1.807, 2.05) is 30.3 Å². The van der Waals surface area contributed by atoms with E-state index in [-0.39, 0.29) is 6.23 Å². The summed E-state index contributed by atoms with van der Waals surface area (Å²) in [6.45, 7) is 0. The van der Waals surface area contributed by atoms with Gasteiger partial charge in [-0.05, 0) is 73.8 Å². The molecule has 57 heavy (non-hydrogen) atoms. The Morgan fingerprint density at radius 2 is 1.11 bits per heavy atom. The molecule has 1 atom stereocenters. The second-order valence-corrected chi connectivity index (χ2v) is 14.3. The fraction of sp³-hybridized carbons (Fsp3) is 0.0192. The van der Waals surface area contributed by atoms with Gasteiger partial charge >= 0.3 is 0 Å². The maximum absolute atomic E-state index is 6.61. The Balaban J connectivity index is 1.14. The minimum Gasteiger partial charge on any atom is -0.463 e. The average molecular weight is 731 g/mol. The summed E-state index contributed by atoms with van der Waals surface area (Å²) in [4.78, 5) is 15.1. The maximum atomic E-state index is 6.61. The zero-order valence-corrected chi connectivity index (χ0v) is 30.8. The number of ether oxygens (including phenoxy) is 1. The highest BCUT2D eigenvalue weighted by atomic mass is 16.5. The van der Waals surface area contributed by atoms with E-state index in [4.69, 9.17) is 14.7 Å². The number of anilines is 1. The van der Waals surface area contributed by atoms with Crippen LogP contribution in [0.5, 0.6) is 5.75 Å². The zero-order chi connectivity index (χ0) is 37.7. The molecule has 1 N–H and O–H groups in total. The summed E-state index contributed by atoms with van der Waals surface area (Å²) in [5, 5.41) is 9.21. The fourth-order valence-corrected chi connectivity index (χ4v) is 8.42. The molecule has 2 aromatic heterocycles. The third-order valence-corrected chi connectivity index (χ3v) is 11.0. The molecule has 5 nitrogen and oxygen atoms in total. The van der Waals surface area contributed by atoms with Crippen molar-refractivity contribution in [2.24, 2.45) is 0 Å². The Labute approximate surface area is 330 Å². The molecule has 0 saturated carbocycles. The lowest BCUT2D eigenvalue weighted by atomic mass is 9.84. The van der Waals surface area contributed by atoms with Gasteiger partial charge in [0.15, 0.2) is 5.82 Å². The first-order valence-corrected chi connectivity index (χ1v) is 19.2. The molecule has 0 fully saturated rings. The Bertz CT molecular complexity index is 3140. The quantitative estimate of drug-likeness (QED) is 0.185. The molecule has 5 heteroatoms. The van der Waals surface area contributed by atoms with Gasteiger partial charge in [0.1, 0.15) is 11.4 Å². The topological polar surface area (TPSA) is 59.9 Å². The number of para-hydroxylation sites is 1. The summed E-state index contributed by atoms with van der Waals surface area (Å²) in [6, 6.07) is 65.8. The summed E-state index contributed by atoms with van der Waals surface area (Å²) in [7, 11) is 0. The molecular formula is C52H34N4O. The molecule has 3 heterocycles. The summed E-state index contributed by atoms with van der Waals surface area (Å²) < 4.78 is 6.61. The molecular weight excluding hydrogens is 697 g/mol. The van der Waals surface area contributed by atoms with Gasteiger partial charge < -0.3 is 10.1 Å². The minimum atomic E-state index is -0.376. The number of rotatable bonds is 6. The van der Waals surface area contributed by atoms with Crippen LogP contribution in [0.1, 0.15) is 11.9 Å². The number of nitrogens with zero attached hydrogens (tertiary/aromatic N) is 3. The van der Waals surface area contributed by atoms with E-state index in [2.05, 4.69) is 168 Å². The third-order valence-electron chi connectivity index (χ3n) is 11.0. The molecule has 1 aliphatic rings. The molecule has 0 aliphatic carbocycles. The highest BCUT2D eigenvalue weighted by Gasteiger charge is 2.28. The van der Waals surface area contributed by atoms with Crippen LogP contribution in [-0.4, -0.2) is 15.0 Å². The van der Waals surface area contributed by atoms with E-state index in [1.54, 1.807) is 6.20 Å². The first-order chi connectivity index (χ1) is 28.3. The lowest BCUT2D eigenvalue weighted by Crippen LogP contribution is -2.11. The molecule has 268 valence electrons. The highest BCUT2D eigenvalue weighted by molar-refractivity contribution is 6.12. The second kappa shape index (κ2) is 13.6. The molecule has 0 bridgehead atoms. The standard InChI is InChI=1S/C52H34N4O/c1-2-17-34(18-3-1)49-43-26-12-13-27-45(43)54-51(55-49)42-25-11-9-23-39(42)48-35-19-5-4-16-33(35)29-30-40(48)36-20-6-7-21-37(36)44-32-47-50(41-24-10-8-22-38(41)44)56-52(57-47)46-28-14-15-31-53-46/h1-32,52,56H. The number of nitrogens with one attached hydrogen (secondary N) is 1. The van der Waals surface area contributed by atoms with Crippen molar-refractivity contribution < 1.29 is 4.74 Å². The monoisotopic (exact) mass is 730 g/mol. The predicted molar refractivity (Wildman–Crippen MR) is 233 cm³/mol. The molecule has 10 aromatic rings. The van der Waals surface area contributed by atoms with Crippen molar-refractivity contribution in [1.29, 1.82) is 0 Å². The summed E-state index contributed by atoms with van der Waals surface area (Å²) in [5.74, 6) is 1.49. The van der Waals surface area contributed by atoms with E-state index in [9.17, 15) is 0 Å². The van der Waals surface area contributed by atoms with Gasteiger partial charge in [0, 0.05) is 28.1 Å². The Kier molecular flexibility index (Phi) is 7.81. The molecule has 11 rings (SSSR count). The van der Waals surface area contributed by atoms with Gasteiger partial charge in [0.2, 0.25) is 6.23 Å². The zero-order valence-electron chi connectivity index (χ0n) is 30.8. The summed E-state index contributed by atoms with van der Waals surface area (Å²) in [5.41, 5.74) is 12.3. The summed E-state index contributed by atoms with van der Waals surface area (Å²) in [6.07, 6.45) is 1.43. The predicted octanol–water partition coefficient (Wildman–Crippen LogP) is 13.2. The van der Waals surface area contributed by atoms with Crippen molar-refractivity contribution >= 4 is 38.1 Å². The van der Waals surface area contributed by atoms with Gasteiger partial charge in [-0.15, -0.1) is 0 Å². The molecule has 0 radical (unpaired) electrons. The van der Waals surface area contributed by atoms with Crippen LogP contribution in [0.15, 0.2) is 194 Å². The number of aromatic nitrogens is 3. The third kappa shape index (κ3) is 5.59. The van der Waals surface area contributed by atoms with Crippen LogP contribution in [0.4, 0.5) is 5.69 Å². The smallest absolute Gasteiger partial charge is 0.213 e. The van der Waals surface area contributed by atoms with E-state index in [1.165, 1.54) is 0 Å². The van der Waals surface area contributed by atoms with E-state index >= 15 is 0 Å². The molecule has 0 saturated heterocycles. The lowest BCUT2D eigenvalue weighted by molar-refractivity contribution is 0.254. The van der Waals surface area contributed by atoms with Gasteiger partial charge in [-0.3, -0.25) is 4.98 Å². The highest BCUT2D eigenvalue weighted by Crippen LogP contribution is 2.50. The van der Waals surface area contributed by atoms with E-state index < -0.39 is 0 Å². The van der Waals surface area contributed by atoms with Crippen molar-refractivity contribution in [3.63, 3.8) is 0 Å². The normalized spacial score (nSPS) is 13.4.